The van der Waals surface area contributed by atoms with Crippen LogP contribution in [0.25, 0.3) is 10.9 Å². The molecule has 3 rings (SSSR count). The lowest BCUT2D eigenvalue weighted by Gasteiger charge is -2.37. The van der Waals surface area contributed by atoms with Crippen molar-refractivity contribution in [3.8, 4) is 0 Å². The van der Waals surface area contributed by atoms with E-state index in [-0.39, 0.29) is 5.54 Å². The highest BCUT2D eigenvalue weighted by molar-refractivity contribution is 5.83. The maximum atomic E-state index is 3.72. The third-order valence-electron chi connectivity index (χ3n) is 3.69. The molecule has 3 nitrogen and oxygen atoms in total. The normalized spacial score (nSPS) is 23.3. The quantitative estimate of drug-likeness (QED) is 0.755. The summed E-state index contributed by atoms with van der Waals surface area (Å²) in [5.41, 5.74) is 2.83. The van der Waals surface area contributed by atoms with Gasteiger partial charge in [0.05, 0.1) is 0 Å². The van der Waals surface area contributed by atoms with Gasteiger partial charge in [0.2, 0.25) is 0 Å². The van der Waals surface area contributed by atoms with Crippen LogP contribution in [0.2, 0.25) is 0 Å². The van der Waals surface area contributed by atoms with Crippen LogP contribution in [0.1, 0.15) is 19.4 Å². The molecule has 1 aromatic carbocycles. The van der Waals surface area contributed by atoms with Gasteiger partial charge in [-0.05, 0) is 31.9 Å². The smallest absolute Gasteiger partial charge is 0.0456 e. The van der Waals surface area contributed by atoms with E-state index >= 15 is 0 Å². The molecule has 1 saturated heterocycles. The molecular formula is C15H21N3. The number of nitrogens with one attached hydrogen (secondary N) is 3. The van der Waals surface area contributed by atoms with Crippen molar-refractivity contribution in [2.75, 3.05) is 13.1 Å². The highest BCUT2D eigenvalue weighted by Gasteiger charge is 2.26. The van der Waals surface area contributed by atoms with E-state index in [1.54, 1.807) is 0 Å². The summed E-state index contributed by atoms with van der Waals surface area (Å²) in [6.45, 7) is 6.59. The zero-order valence-electron chi connectivity index (χ0n) is 11.1. The van der Waals surface area contributed by atoms with Crippen LogP contribution in [0.5, 0.6) is 0 Å². The highest BCUT2D eigenvalue weighted by atomic mass is 15.1. The second kappa shape index (κ2) is 4.41. The second-order valence-corrected chi connectivity index (χ2v) is 5.92. The van der Waals surface area contributed by atoms with Gasteiger partial charge in [-0.25, -0.2) is 0 Å². The lowest BCUT2D eigenvalue weighted by atomic mass is 9.96. The number of aromatic amines is 1. The summed E-state index contributed by atoms with van der Waals surface area (Å²) in [5, 5.41) is 8.58. The standard InChI is InChI=1S/C15H21N3/c1-15(2)10-16-9-12(18-15)7-11-8-17-14-6-4-3-5-13(11)14/h3-6,8,12,16-18H,7,9-10H2,1-2H3/t12-/m0/s1. The first-order valence-corrected chi connectivity index (χ1v) is 6.67. The van der Waals surface area contributed by atoms with Gasteiger partial charge in [0.15, 0.2) is 0 Å². The number of fused-ring (bicyclic) bond motifs is 1. The van der Waals surface area contributed by atoms with E-state index in [1.165, 1.54) is 16.5 Å². The van der Waals surface area contributed by atoms with Gasteiger partial charge in [-0.15, -0.1) is 0 Å². The molecule has 3 N–H and O–H groups in total. The third kappa shape index (κ3) is 2.28. The van der Waals surface area contributed by atoms with Gasteiger partial charge in [0.25, 0.3) is 0 Å². The fourth-order valence-electron chi connectivity index (χ4n) is 2.90. The predicted molar refractivity (Wildman–Crippen MR) is 75.9 cm³/mol. The van der Waals surface area contributed by atoms with E-state index in [4.69, 9.17) is 0 Å². The molecule has 0 unspecified atom stereocenters. The van der Waals surface area contributed by atoms with Gasteiger partial charge in [-0.3, -0.25) is 0 Å². The maximum absolute atomic E-state index is 3.72. The van der Waals surface area contributed by atoms with E-state index in [0.29, 0.717) is 6.04 Å². The fraction of sp³-hybridized carbons (Fsp3) is 0.467. The summed E-state index contributed by atoms with van der Waals surface area (Å²) in [7, 11) is 0. The zero-order valence-corrected chi connectivity index (χ0v) is 11.1. The molecule has 1 aliphatic heterocycles. The van der Waals surface area contributed by atoms with Gasteiger partial charge < -0.3 is 15.6 Å². The van der Waals surface area contributed by atoms with Crippen LogP contribution >= 0.6 is 0 Å². The molecule has 0 aliphatic carbocycles. The first-order chi connectivity index (χ1) is 8.64. The van der Waals surface area contributed by atoms with Crippen LogP contribution in [-0.4, -0.2) is 29.7 Å². The Morgan fingerprint density at radius 1 is 1.28 bits per heavy atom. The molecule has 3 heteroatoms. The average Bonchev–Trinajstić information content (AvgIpc) is 2.72. The molecule has 1 fully saturated rings. The number of para-hydroxylation sites is 1. The molecule has 0 radical (unpaired) electrons. The van der Waals surface area contributed by atoms with Crippen LogP contribution in [-0.2, 0) is 6.42 Å². The van der Waals surface area contributed by atoms with Crippen molar-refractivity contribution in [3.63, 3.8) is 0 Å². The SMILES string of the molecule is CC1(C)CNC[C@H](Cc2c[nH]c3ccccc23)N1. The van der Waals surface area contributed by atoms with Crippen molar-refractivity contribution >= 4 is 10.9 Å². The number of rotatable bonds is 2. The largest absolute Gasteiger partial charge is 0.361 e. The van der Waals surface area contributed by atoms with Crippen LogP contribution in [0, 0.1) is 0 Å². The summed E-state index contributed by atoms with van der Waals surface area (Å²) in [6, 6.07) is 9.02. The third-order valence-corrected chi connectivity index (χ3v) is 3.69. The molecule has 0 amide bonds. The van der Waals surface area contributed by atoms with Gasteiger partial charge in [-0.2, -0.15) is 0 Å². The van der Waals surface area contributed by atoms with Crippen LogP contribution < -0.4 is 10.6 Å². The lowest BCUT2D eigenvalue weighted by Crippen LogP contribution is -2.61. The first kappa shape index (κ1) is 11.8. The molecule has 18 heavy (non-hydrogen) atoms. The minimum atomic E-state index is 0.190. The topological polar surface area (TPSA) is 39.9 Å². The van der Waals surface area contributed by atoms with E-state index in [2.05, 4.69) is 59.9 Å². The number of aromatic nitrogens is 1. The number of hydrogen-bond donors (Lipinski definition) is 3. The van der Waals surface area contributed by atoms with Crippen LogP contribution in [0.3, 0.4) is 0 Å². The van der Waals surface area contributed by atoms with Crippen molar-refractivity contribution in [2.24, 2.45) is 0 Å². The Morgan fingerprint density at radius 3 is 2.94 bits per heavy atom. The van der Waals surface area contributed by atoms with E-state index < -0.39 is 0 Å². The second-order valence-electron chi connectivity index (χ2n) is 5.92. The number of benzene rings is 1. The molecular weight excluding hydrogens is 222 g/mol. The summed E-state index contributed by atoms with van der Waals surface area (Å²) in [4.78, 5) is 3.35. The van der Waals surface area contributed by atoms with Gasteiger partial charge >= 0.3 is 0 Å². The molecule has 0 bridgehead atoms. The van der Waals surface area contributed by atoms with Crippen molar-refractivity contribution in [1.29, 1.82) is 0 Å². The minimum Gasteiger partial charge on any atom is -0.361 e. The molecule has 96 valence electrons. The van der Waals surface area contributed by atoms with E-state index in [0.717, 1.165) is 19.5 Å². The first-order valence-electron chi connectivity index (χ1n) is 6.67. The highest BCUT2D eigenvalue weighted by Crippen LogP contribution is 2.20. The number of piperazine rings is 1. The Kier molecular flexibility index (Phi) is 2.88. The molecule has 1 atom stereocenters. The Labute approximate surface area is 108 Å². The average molecular weight is 243 g/mol. The van der Waals surface area contributed by atoms with Gasteiger partial charge in [0, 0.05) is 41.8 Å². The van der Waals surface area contributed by atoms with E-state index in [9.17, 15) is 0 Å². The lowest BCUT2D eigenvalue weighted by molar-refractivity contribution is 0.261. The molecule has 2 aromatic rings. The van der Waals surface area contributed by atoms with Crippen molar-refractivity contribution in [2.45, 2.75) is 31.8 Å². The maximum Gasteiger partial charge on any atom is 0.0456 e. The van der Waals surface area contributed by atoms with E-state index in [1.807, 2.05) is 0 Å². The van der Waals surface area contributed by atoms with Crippen molar-refractivity contribution in [1.82, 2.24) is 15.6 Å². The summed E-state index contributed by atoms with van der Waals surface area (Å²) in [6.07, 6.45) is 3.22. The zero-order chi connectivity index (χ0) is 12.6. The van der Waals surface area contributed by atoms with Gasteiger partial charge in [-0.1, -0.05) is 18.2 Å². The molecule has 0 saturated carbocycles. The summed E-state index contributed by atoms with van der Waals surface area (Å²) in [5.74, 6) is 0. The predicted octanol–water partition coefficient (Wildman–Crippen LogP) is 2.05. The Hall–Kier alpha value is -1.32. The minimum absolute atomic E-state index is 0.190. The molecule has 2 heterocycles. The number of hydrogen-bond acceptors (Lipinski definition) is 2. The van der Waals surface area contributed by atoms with Crippen molar-refractivity contribution < 1.29 is 0 Å². The van der Waals surface area contributed by atoms with Crippen LogP contribution in [0.4, 0.5) is 0 Å². The summed E-state index contributed by atoms with van der Waals surface area (Å²) >= 11 is 0. The summed E-state index contributed by atoms with van der Waals surface area (Å²) < 4.78 is 0. The molecule has 1 aromatic heterocycles. The molecule has 0 spiro atoms. The molecule has 1 aliphatic rings. The van der Waals surface area contributed by atoms with Crippen LogP contribution in [0.15, 0.2) is 30.5 Å². The van der Waals surface area contributed by atoms with Crippen molar-refractivity contribution in [3.05, 3.63) is 36.0 Å². The van der Waals surface area contributed by atoms with Gasteiger partial charge in [0.1, 0.15) is 0 Å². The number of H-pyrrole nitrogens is 1. The monoisotopic (exact) mass is 243 g/mol. The Morgan fingerprint density at radius 2 is 2.11 bits per heavy atom. The Bertz CT molecular complexity index is 541. The fourth-order valence-corrected chi connectivity index (χ4v) is 2.90. The Balaban J connectivity index is 1.80.